The Morgan fingerprint density at radius 1 is 0.867 bits per heavy atom. The number of likely N-dealkylation sites (N-methyl/N-ethyl adjacent to an activating group) is 1. The molecule has 0 amide bonds. The van der Waals surface area contributed by atoms with Crippen LogP contribution in [0.5, 0.6) is 11.5 Å². The molecule has 2 aromatic carbocycles. The van der Waals surface area contributed by atoms with Gasteiger partial charge in [-0.15, -0.1) is 0 Å². The predicted molar refractivity (Wildman–Crippen MR) is 119 cm³/mol. The summed E-state index contributed by atoms with van der Waals surface area (Å²) in [6.45, 7) is 0.905. The molecule has 0 spiro atoms. The van der Waals surface area contributed by atoms with Gasteiger partial charge < -0.3 is 24.2 Å². The van der Waals surface area contributed by atoms with Crippen LogP contribution in [0.1, 0.15) is 49.3 Å². The highest BCUT2D eigenvalue weighted by molar-refractivity contribution is 5.36. The van der Waals surface area contributed by atoms with E-state index < -0.39 is 6.10 Å². The molecule has 1 N–H and O–H groups in total. The second kappa shape index (κ2) is 11.3. The average molecular weight is 414 g/mol. The molecule has 3 rings (SSSR count). The van der Waals surface area contributed by atoms with E-state index in [2.05, 4.69) is 11.9 Å². The molecule has 0 aromatic heterocycles. The molecule has 5 nitrogen and oxygen atoms in total. The fraction of sp³-hybridized carbons (Fsp3) is 0.520. The van der Waals surface area contributed by atoms with Gasteiger partial charge in [-0.3, -0.25) is 0 Å². The molecule has 1 aliphatic carbocycles. The van der Waals surface area contributed by atoms with Gasteiger partial charge >= 0.3 is 0 Å². The minimum absolute atomic E-state index is 0.267. The predicted octanol–water partition coefficient (Wildman–Crippen LogP) is 4.44. The van der Waals surface area contributed by atoms with Crippen LogP contribution < -0.4 is 9.47 Å². The first-order valence-electron chi connectivity index (χ1n) is 10.9. The number of aliphatic hydroxyl groups excluding tert-OH is 1. The Bertz CT molecular complexity index is 693. The summed E-state index contributed by atoms with van der Waals surface area (Å²) in [5.41, 5.74) is 2.04. The van der Waals surface area contributed by atoms with Crippen LogP contribution >= 0.6 is 0 Å². The number of aliphatic hydroxyl groups is 1. The third kappa shape index (κ3) is 6.21. The lowest BCUT2D eigenvalue weighted by Gasteiger charge is -2.32. The summed E-state index contributed by atoms with van der Waals surface area (Å²) >= 11 is 0. The fourth-order valence-electron chi connectivity index (χ4n) is 4.21. The maximum Gasteiger partial charge on any atom is 0.118 e. The molecule has 1 fully saturated rings. The smallest absolute Gasteiger partial charge is 0.118 e. The summed E-state index contributed by atoms with van der Waals surface area (Å²) in [4.78, 5) is 2.29. The van der Waals surface area contributed by atoms with Gasteiger partial charge in [0, 0.05) is 12.6 Å². The highest BCUT2D eigenvalue weighted by Gasteiger charge is 2.22. The van der Waals surface area contributed by atoms with Gasteiger partial charge in [0.1, 0.15) is 17.6 Å². The lowest BCUT2D eigenvalue weighted by Crippen LogP contribution is -2.40. The van der Waals surface area contributed by atoms with E-state index in [1.54, 1.807) is 14.2 Å². The highest BCUT2D eigenvalue weighted by atomic mass is 16.5. The van der Waals surface area contributed by atoms with Gasteiger partial charge in [0.15, 0.2) is 0 Å². The van der Waals surface area contributed by atoms with Crippen molar-refractivity contribution in [3.05, 3.63) is 59.7 Å². The van der Waals surface area contributed by atoms with Crippen LogP contribution in [0.4, 0.5) is 0 Å². The number of methoxy groups -OCH3 is 2. The Labute approximate surface area is 180 Å². The van der Waals surface area contributed by atoms with Crippen LogP contribution in [-0.2, 0) is 4.74 Å². The first-order chi connectivity index (χ1) is 14.6. The summed E-state index contributed by atoms with van der Waals surface area (Å²) in [6.07, 6.45) is 5.57. The largest absolute Gasteiger partial charge is 0.497 e. The molecular weight excluding hydrogens is 378 g/mol. The second-order valence-corrected chi connectivity index (χ2v) is 8.14. The molecule has 0 bridgehead atoms. The number of benzene rings is 2. The molecule has 2 aromatic rings. The first kappa shape index (κ1) is 22.6. The van der Waals surface area contributed by atoms with Gasteiger partial charge in [-0.2, -0.15) is 0 Å². The van der Waals surface area contributed by atoms with Crippen molar-refractivity contribution in [1.82, 2.24) is 4.90 Å². The number of rotatable bonds is 10. The molecule has 1 saturated carbocycles. The zero-order valence-electron chi connectivity index (χ0n) is 18.4. The minimum atomic E-state index is -0.532. The van der Waals surface area contributed by atoms with E-state index in [1.165, 1.54) is 32.1 Å². The molecule has 1 atom stereocenters. The molecule has 0 radical (unpaired) electrons. The zero-order chi connectivity index (χ0) is 21.3. The summed E-state index contributed by atoms with van der Waals surface area (Å²) < 4.78 is 16.8. The maximum atomic E-state index is 10.7. The van der Waals surface area contributed by atoms with E-state index in [1.807, 2.05) is 48.5 Å². The topological polar surface area (TPSA) is 51.2 Å². The normalized spacial score (nSPS) is 16.1. The van der Waals surface area contributed by atoms with Crippen LogP contribution in [0.2, 0.25) is 0 Å². The second-order valence-electron chi connectivity index (χ2n) is 8.14. The molecule has 5 heteroatoms. The quantitative estimate of drug-likeness (QED) is 0.624. The molecule has 0 saturated heterocycles. The van der Waals surface area contributed by atoms with E-state index in [-0.39, 0.29) is 12.7 Å². The third-order valence-electron chi connectivity index (χ3n) is 5.99. The molecular formula is C25H35NO4. The summed E-state index contributed by atoms with van der Waals surface area (Å²) in [6, 6.07) is 16.3. The lowest BCUT2D eigenvalue weighted by atomic mass is 9.94. The van der Waals surface area contributed by atoms with Crippen molar-refractivity contribution in [2.45, 2.75) is 50.4 Å². The summed E-state index contributed by atoms with van der Waals surface area (Å²) in [5.74, 6) is 1.61. The van der Waals surface area contributed by atoms with Gasteiger partial charge in [-0.05, 0) is 55.3 Å². The van der Waals surface area contributed by atoms with Crippen molar-refractivity contribution in [2.75, 3.05) is 34.4 Å². The minimum Gasteiger partial charge on any atom is -0.497 e. The molecule has 164 valence electrons. The van der Waals surface area contributed by atoms with Gasteiger partial charge in [0.05, 0.1) is 26.9 Å². The van der Waals surface area contributed by atoms with Crippen molar-refractivity contribution in [1.29, 1.82) is 0 Å². The first-order valence-corrected chi connectivity index (χ1v) is 10.9. The highest BCUT2D eigenvalue weighted by Crippen LogP contribution is 2.29. The fourth-order valence-corrected chi connectivity index (χ4v) is 4.21. The van der Waals surface area contributed by atoms with Crippen molar-refractivity contribution in [3.63, 3.8) is 0 Å². The Morgan fingerprint density at radius 3 is 1.83 bits per heavy atom. The summed E-state index contributed by atoms with van der Waals surface area (Å²) in [7, 11) is 5.43. The van der Waals surface area contributed by atoms with Gasteiger partial charge in [-0.25, -0.2) is 0 Å². The summed E-state index contributed by atoms with van der Waals surface area (Å²) in [5, 5.41) is 10.7. The van der Waals surface area contributed by atoms with Crippen molar-refractivity contribution in [3.8, 4) is 11.5 Å². The number of hydrogen-bond acceptors (Lipinski definition) is 5. The SMILES string of the molecule is COc1ccc(C(OC[C@@H](O)CN(C)C2CCCCC2)c2ccc(OC)cc2)cc1. The average Bonchev–Trinajstić information content (AvgIpc) is 2.80. The van der Waals surface area contributed by atoms with Crippen LogP contribution in [-0.4, -0.2) is 56.6 Å². The monoisotopic (exact) mass is 413 g/mol. The van der Waals surface area contributed by atoms with Gasteiger partial charge in [-0.1, -0.05) is 43.5 Å². The molecule has 0 heterocycles. The standard InChI is InChI=1S/C25H35NO4/c1-26(21-7-5-4-6-8-21)17-22(27)18-30-25(19-9-13-23(28-2)14-10-19)20-11-15-24(29-3)16-12-20/h9-16,21-22,25,27H,4-8,17-18H2,1-3H3/t22-/m0/s1. The molecule has 0 unspecified atom stereocenters. The van der Waals surface area contributed by atoms with Gasteiger partial charge in [0.25, 0.3) is 0 Å². The number of hydrogen-bond donors (Lipinski definition) is 1. The van der Waals surface area contributed by atoms with Crippen molar-refractivity contribution >= 4 is 0 Å². The van der Waals surface area contributed by atoms with Crippen LogP contribution in [0, 0.1) is 0 Å². The number of nitrogens with zero attached hydrogens (tertiary/aromatic N) is 1. The Kier molecular flexibility index (Phi) is 8.55. The van der Waals surface area contributed by atoms with Crippen LogP contribution in [0.25, 0.3) is 0 Å². The Hall–Kier alpha value is -2.08. The van der Waals surface area contributed by atoms with Gasteiger partial charge in [0.2, 0.25) is 0 Å². The van der Waals surface area contributed by atoms with E-state index in [4.69, 9.17) is 14.2 Å². The molecule has 30 heavy (non-hydrogen) atoms. The van der Waals surface area contributed by atoms with E-state index in [0.717, 1.165) is 22.6 Å². The maximum absolute atomic E-state index is 10.7. The van der Waals surface area contributed by atoms with Crippen molar-refractivity contribution in [2.24, 2.45) is 0 Å². The van der Waals surface area contributed by atoms with E-state index in [0.29, 0.717) is 12.6 Å². The van der Waals surface area contributed by atoms with Crippen molar-refractivity contribution < 1.29 is 19.3 Å². The molecule has 1 aliphatic rings. The van der Waals surface area contributed by atoms with E-state index >= 15 is 0 Å². The van der Waals surface area contributed by atoms with E-state index in [9.17, 15) is 5.11 Å². The lowest BCUT2D eigenvalue weighted by molar-refractivity contribution is -0.0121. The Balaban J connectivity index is 1.66. The van der Waals surface area contributed by atoms with Crippen LogP contribution in [0.3, 0.4) is 0 Å². The zero-order valence-corrected chi connectivity index (χ0v) is 18.4. The third-order valence-corrected chi connectivity index (χ3v) is 5.99. The van der Waals surface area contributed by atoms with Crippen LogP contribution in [0.15, 0.2) is 48.5 Å². The molecule has 0 aliphatic heterocycles. The number of ether oxygens (including phenoxy) is 3. The Morgan fingerprint density at radius 2 is 1.37 bits per heavy atom.